The molecule has 0 aliphatic heterocycles. The van der Waals surface area contributed by atoms with Crippen LogP contribution < -0.4 is 11.1 Å². The molecular formula is C17H27ClN2O. The van der Waals surface area contributed by atoms with Gasteiger partial charge in [0.2, 0.25) is 5.91 Å². The van der Waals surface area contributed by atoms with Crippen LogP contribution in [0.25, 0.3) is 0 Å². The van der Waals surface area contributed by atoms with Gasteiger partial charge < -0.3 is 11.1 Å². The summed E-state index contributed by atoms with van der Waals surface area (Å²) < 4.78 is 0. The third kappa shape index (κ3) is 4.45. The predicted molar refractivity (Wildman–Crippen MR) is 91.0 cm³/mol. The van der Waals surface area contributed by atoms with Gasteiger partial charge in [0.1, 0.15) is 0 Å². The average Bonchev–Trinajstić information content (AvgIpc) is 2.38. The van der Waals surface area contributed by atoms with Crippen LogP contribution in [0.1, 0.15) is 57.9 Å². The molecule has 118 valence electrons. The van der Waals surface area contributed by atoms with Gasteiger partial charge in [-0.1, -0.05) is 38.8 Å². The molecule has 0 bridgehead atoms. The molecule has 3 nitrogen and oxygen atoms in total. The van der Waals surface area contributed by atoms with Gasteiger partial charge in [-0.3, -0.25) is 4.79 Å². The van der Waals surface area contributed by atoms with Crippen molar-refractivity contribution in [3.63, 3.8) is 0 Å². The van der Waals surface area contributed by atoms with Crippen LogP contribution in [0.2, 0.25) is 0 Å². The third-order valence-electron chi connectivity index (χ3n) is 4.39. The van der Waals surface area contributed by atoms with Gasteiger partial charge in [0.25, 0.3) is 0 Å². The van der Waals surface area contributed by atoms with Gasteiger partial charge in [-0.25, -0.2) is 0 Å². The van der Waals surface area contributed by atoms with Crippen LogP contribution in [0.4, 0.5) is 5.69 Å². The Kier molecular flexibility index (Phi) is 6.24. The van der Waals surface area contributed by atoms with Crippen molar-refractivity contribution in [1.29, 1.82) is 0 Å². The van der Waals surface area contributed by atoms with Crippen LogP contribution in [0.3, 0.4) is 0 Å². The second-order valence-electron chi connectivity index (χ2n) is 6.57. The van der Waals surface area contributed by atoms with Crippen LogP contribution in [-0.2, 0) is 4.79 Å². The molecule has 0 heterocycles. The highest BCUT2D eigenvalue weighted by atomic mass is 35.5. The number of carbonyl (C=O) groups is 1. The summed E-state index contributed by atoms with van der Waals surface area (Å²) in [5.74, 6) is 0.441. The zero-order valence-corrected chi connectivity index (χ0v) is 14.0. The summed E-state index contributed by atoms with van der Waals surface area (Å²) in [5, 5.41) is 3.04. The van der Waals surface area contributed by atoms with Crippen molar-refractivity contribution in [2.24, 2.45) is 11.7 Å². The van der Waals surface area contributed by atoms with E-state index in [0.717, 1.165) is 31.4 Å². The number of anilines is 1. The van der Waals surface area contributed by atoms with Crippen molar-refractivity contribution in [2.45, 2.75) is 57.9 Å². The SMILES string of the molecule is CC(C)c1cccc(NC(=O)C2CCCCC2(C)N)c1.Cl. The first-order valence-electron chi connectivity index (χ1n) is 7.60. The van der Waals surface area contributed by atoms with Crippen LogP contribution >= 0.6 is 12.4 Å². The normalized spacial score (nSPS) is 25.3. The molecule has 1 aliphatic carbocycles. The first kappa shape index (κ1) is 18.0. The average molecular weight is 311 g/mol. The van der Waals surface area contributed by atoms with Crippen LogP contribution in [0.5, 0.6) is 0 Å². The second-order valence-corrected chi connectivity index (χ2v) is 6.57. The van der Waals surface area contributed by atoms with E-state index in [9.17, 15) is 4.79 Å². The van der Waals surface area contributed by atoms with E-state index in [1.807, 2.05) is 19.1 Å². The molecule has 1 aromatic carbocycles. The Balaban J connectivity index is 0.00000220. The fourth-order valence-electron chi connectivity index (χ4n) is 2.99. The molecule has 0 aromatic heterocycles. The van der Waals surface area contributed by atoms with Crippen molar-refractivity contribution < 1.29 is 4.79 Å². The summed E-state index contributed by atoms with van der Waals surface area (Å²) in [5.41, 5.74) is 8.03. The van der Waals surface area contributed by atoms with E-state index in [2.05, 4.69) is 31.3 Å². The number of halogens is 1. The molecule has 4 heteroatoms. The summed E-state index contributed by atoms with van der Waals surface area (Å²) in [4.78, 5) is 12.5. The molecule has 1 aromatic rings. The van der Waals surface area contributed by atoms with Crippen molar-refractivity contribution in [1.82, 2.24) is 0 Å². The molecule has 1 aliphatic rings. The Labute approximate surface area is 134 Å². The monoisotopic (exact) mass is 310 g/mol. The molecule has 21 heavy (non-hydrogen) atoms. The molecule has 0 radical (unpaired) electrons. The molecule has 2 atom stereocenters. The van der Waals surface area contributed by atoms with E-state index >= 15 is 0 Å². The number of nitrogens with one attached hydrogen (secondary N) is 1. The van der Waals surface area contributed by atoms with Crippen molar-refractivity contribution >= 4 is 24.0 Å². The number of nitrogens with two attached hydrogens (primary N) is 1. The number of rotatable bonds is 3. The van der Waals surface area contributed by atoms with Gasteiger partial charge in [0, 0.05) is 11.2 Å². The van der Waals surface area contributed by atoms with E-state index < -0.39 is 0 Å². The Bertz CT molecular complexity index is 485. The Morgan fingerprint density at radius 3 is 2.71 bits per heavy atom. The number of amides is 1. The highest BCUT2D eigenvalue weighted by Crippen LogP contribution is 2.32. The van der Waals surface area contributed by atoms with Crippen LogP contribution in [-0.4, -0.2) is 11.4 Å². The zero-order chi connectivity index (χ0) is 14.8. The molecule has 0 spiro atoms. The zero-order valence-electron chi connectivity index (χ0n) is 13.2. The largest absolute Gasteiger partial charge is 0.326 e. The molecule has 2 unspecified atom stereocenters. The minimum Gasteiger partial charge on any atom is -0.326 e. The van der Waals surface area contributed by atoms with Gasteiger partial charge in [0.15, 0.2) is 0 Å². The molecular weight excluding hydrogens is 284 g/mol. The number of carbonyl (C=O) groups excluding carboxylic acids is 1. The minimum atomic E-state index is -0.377. The highest BCUT2D eigenvalue weighted by molar-refractivity contribution is 5.93. The van der Waals surface area contributed by atoms with Gasteiger partial charge in [0.05, 0.1) is 5.92 Å². The minimum absolute atomic E-state index is 0. The van der Waals surface area contributed by atoms with Crippen molar-refractivity contribution in [3.8, 4) is 0 Å². The third-order valence-corrected chi connectivity index (χ3v) is 4.39. The molecule has 2 rings (SSSR count). The van der Waals surface area contributed by atoms with E-state index in [0.29, 0.717) is 5.92 Å². The van der Waals surface area contributed by atoms with E-state index in [4.69, 9.17) is 5.73 Å². The number of hydrogen-bond donors (Lipinski definition) is 2. The lowest BCUT2D eigenvalue weighted by Crippen LogP contribution is -2.51. The van der Waals surface area contributed by atoms with Gasteiger partial charge >= 0.3 is 0 Å². The maximum atomic E-state index is 12.5. The molecule has 1 fully saturated rings. The molecule has 3 N–H and O–H groups in total. The van der Waals surface area contributed by atoms with Crippen LogP contribution in [0, 0.1) is 5.92 Å². The maximum Gasteiger partial charge on any atom is 0.229 e. The smallest absolute Gasteiger partial charge is 0.229 e. The summed E-state index contributed by atoms with van der Waals surface area (Å²) in [6.07, 6.45) is 4.04. The highest BCUT2D eigenvalue weighted by Gasteiger charge is 2.37. The Morgan fingerprint density at radius 1 is 1.38 bits per heavy atom. The van der Waals surface area contributed by atoms with Crippen molar-refractivity contribution in [3.05, 3.63) is 29.8 Å². The number of hydrogen-bond acceptors (Lipinski definition) is 2. The predicted octanol–water partition coefficient (Wildman–Crippen LogP) is 4.08. The lowest BCUT2D eigenvalue weighted by Gasteiger charge is -2.37. The fraction of sp³-hybridized carbons (Fsp3) is 0.588. The lowest BCUT2D eigenvalue weighted by molar-refractivity contribution is -0.122. The molecule has 1 amide bonds. The standard InChI is InChI=1S/C17H26N2O.ClH/c1-12(2)13-7-6-8-14(11-13)19-16(20)15-9-4-5-10-17(15,3)18;/h6-8,11-12,15H,4-5,9-10,18H2,1-3H3,(H,19,20);1H. The first-order valence-corrected chi connectivity index (χ1v) is 7.60. The molecule has 1 saturated carbocycles. The first-order chi connectivity index (χ1) is 9.40. The Hall–Kier alpha value is -1.06. The number of benzene rings is 1. The Morgan fingerprint density at radius 2 is 2.10 bits per heavy atom. The van der Waals surface area contributed by atoms with Gasteiger partial charge in [-0.2, -0.15) is 0 Å². The maximum absolute atomic E-state index is 12.5. The summed E-state index contributed by atoms with van der Waals surface area (Å²) in [7, 11) is 0. The summed E-state index contributed by atoms with van der Waals surface area (Å²) in [6, 6.07) is 8.08. The topological polar surface area (TPSA) is 55.1 Å². The van der Waals surface area contributed by atoms with Crippen LogP contribution in [0.15, 0.2) is 24.3 Å². The quantitative estimate of drug-likeness (QED) is 0.884. The van der Waals surface area contributed by atoms with Gasteiger partial charge in [-0.15, -0.1) is 12.4 Å². The lowest BCUT2D eigenvalue weighted by atomic mass is 9.74. The van der Waals surface area contributed by atoms with E-state index in [1.54, 1.807) is 0 Å². The summed E-state index contributed by atoms with van der Waals surface area (Å²) >= 11 is 0. The van der Waals surface area contributed by atoms with Gasteiger partial charge in [-0.05, 0) is 43.4 Å². The summed E-state index contributed by atoms with van der Waals surface area (Å²) in [6.45, 7) is 6.30. The van der Waals surface area contributed by atoms with E-state index in [1.165, 1.54) is 5.56 Å². The second kappa shape index (κ2) is 7.28. The molecule has 0 saturated heterocycles. The van der Waals surface area contributed by atoms with E-state index in [-0.39, 0.29) is 29.8 Å². The van der Waals surface area contributed by atoms with Crippen molar-refractivity contribution in [2.75, 3.05) is 5.32 Å². The fourth-order valence-corrected chi connectivity index (χ4v) is 2.99.